The average molecular weight is 212 g/mol. The Morgan fingerprint density at radius 2 is 2.27 bits per heavy atom. The molecule has 5 nitrogen and oxygen atoms in total. The molecule has 1 saturated carbocycles. The molecule has 2 rings (SSSR count). The maximum atomic E-state index is 11.7. The fourth-order valence-corrected chi connectivity index (χ4v) is 2.52. The number of rotatable bonds is 2. The molecule has 84 valence electrons. The molecule has 1 aliphatic carbocycles. The summed E-state index contributed by atoms with van der Waals surface area (Å²) in [6.45, 7) is 3.05. The molecule has 1 N–H and O–H groups in total. The van der Waals surface area contributed by atoms with Gasteiger partial charge in [0.1, 0.15) is 6.54 Å². The van der Waals surface area contributed by atoms with E-state index >= 15 is 0 Å². The summed E-state index contributed by atoms with van der Waals surface area (Å²) >= 11 is 0. The number of piperidine rings is 1. The van der Waals surface area contributed by atoms with Crippen LogP contribution in [-0.2, 0) is 9.53 Å². The van der Waals surface area contributed by atoms with Crippen LogP contribution in [-0.4, -0.2) is 43.1 Å². The lowest BCUT2D eigenvalue weighted by molar-refractivity contribution is -0.130. The van der Waals surface area contributed by atoms with Gasteiger partial charge in [-0.15, -0.1) is 0 Å². The fourth-order valence-electron chi connectivity index (χ4n) is 2.52. The number of carbonyl (C=O) groups excluding carboxylic acids is 2. The molecule has 0 aromatic heterocycles. The van der Waals surface area contributed by atoms with Gasteiger partial charge in [-0.25, -0.2) is 4.79 Å². The Bertz CT molecular complexity index is 292. The topological polar surface area (TPSA) is 58.6 Å². The normalized spacial score (nSPS) is 32.1. The molecular formula is C10H16N2O3. The molecule has 0 spiro atoms. The van der Waals surface area contributed by atoms with E-state index in [4.69, 9.17) is 0 Å². The van der Waals surface area contributed by atoms with Gasteiger partial charge in [0.05, 0.1) is 7.11 Å². The van der Waals surface area contributed by atoms with Crippen LogP contribution in [0, 0.1) is 11.8 Å². The summed E-state index contributed by atoms with van der Waals surface area (Å²) < 4.78 is 4.40. The number of ether oxygens (including phenoxy) is 1. The van der Waals surface area contributed by atoms with Crippen molar-refractivity contribution >= 4 is 12.0 Å². The van der Waals surface area contributed by atoms with Crippen molar-refractivity contribution in [1.82, 2.24) is 10.2 Å². The predicted octanol–water partition coefficient (Wildman–Crippen LogP) is 0.209. The molecule has 2 aliphatic rings. The highest BCUT2D eigenvalue weighted by Gasteiger charge is 2.55. The van der Waals surface area contributed by atoms with Crippen molar-refractivity contribution in [2.45, 2.75) is 19.4 Å². The molecule has 2 fully saturated rings. The summed E-state index contributed by atoms with van der Waals surface area (Å²) in [5.41, 5.74) is 0. The highest BCUT2D eigenvalue weighted by atomic mass is 16.5. The van der Waals surface area contributed by atoms with Crippen molar-refractivity contribution in [2.24, 2.45) is 11.8 Å². The second-order valence-electron chi connectivity index (χ2n) is 4.23. The van der Waals surface area contributed by atoms with E-state index in [1.165, 1.54) is 7.11 Å². The Kier molecular flexibility index (Phi) is 2.54. The Hall–Kier alpha value is -1.26. The Morgan fingerprint density at radius 3 is 2.80 bits per heavy atom. The Morgan fingerprint density at radius 1 is 1.53 bits per heavy atom. The molecule has 2 amide bonds. The fraction of sp³-hybridized carbons (Fsp3) is 0.800. The van der Waals surface area contributed by atoms with Gasteiger partial charge in [0.25, 0.3) is 0 Å². The van der Waals surface area contributed by atoms with Crippen LogP contribution in [0.1, 0.15) is 13.3 Å². The first-order chi connectivity index (χ1) is 7.15. The molecule has 3 atom stereocenters. The van der Waals surface area contributed by atoms with Gasteiger partial charge >= 0.3 is 6.09 Å². The highest BCUT2D eigenvalue weighted by molar-refractivity contribution is 5.83. The zero-order valence-corrected chi connectivity index (χ0v) is 9.03. The van der Waals surface area contributed by atoms with E-state index in [2.05, 4.69) is 17.0 Å². The van der Waals surface area contributed by atoms with Gasteiger partial charge < -0.3 is 15.0 Å². The summed E-state index contributed by atoms with van der Waals surface area (Å²) in [4.78, 5) is 24.4. The maximum Gasteiger partial charge on any atom is 0.407 e. The minimum Gasteiger partial charge on any atom is -0.453 e. The third kappa shape index (κ3) is 1.78. The van der Waals surface area contributed by atoms with E-state index in [9.17, 15) is 9.59 Å². The van der Waals surface area contributed by atoms with Crippen LogP contribution in [0.15, 0.2) is 0 Å². The van der Waals surface area contributed by atoms with E-state index in [1.807, 2.05) is 4.90 Å². The van der Waals surface area contributed by atoms with Gasteiger partial charge in [0.2, 0.25) is 5.91 Å². The smallest absolute Gasteiger partial charge is 0.407 e. The van der Waals surface area contributed by atoms with Crippen LogP contribution in [0.25, 0.3) is 0 Å². The highest BCUT2D eigenvalue weighted by Crippen LogP contribution is 2.50. The molecule has 0 bridgehead atoms. The van der Waals surface area contributed by atoms with Gasteiger partial charge in [-0.3, -0.25) is 4.79 Å². The second kappa shape index (κ2) is 3.72. The minimum atomic E-state index is -0.553. The summed E-state index contributed by atoms with van der Waals surface area (Å²) in [6.07, 6.45) is 0.554. The zero-order valence-electron chi connectivity index (χ0n) is 9.03. The molecule has 5 heteroatoms. The van der Waals surface area contributed by atoms with Gasteiger partial charge in [-0.2, -0.15) is 0 Å². The lowest BCUT2D eigenvalue weighted by atomic mass is 10.2. The Labute approximate surface area is 88.8 Å². The van der Waals surface area contributed by atoms with Crippen LogP contribution < -0.4 is 5.32 Å². The number of nitrogens with one attached hydrogen (secondary N) is 1. The second-order valence-corrected chi connectivity index (χ2v) is 4.23. The molecule has 1 heterocycles. The number of alkyl carbamates (subject to hydrolysis) is 1. The standard InChI is InChI=1S/C10H16N2O3/c1-6-7-3-4-12(9(6)7)8(13)5-11-10(14)15-2/h6-7,9H,3-5H2,1-2H3,(H,11,14)/t6-,7?,9?/m1/s1. The van der Waals surface area contributed by atoms with Crippen LogP contribution in [0.2, 0.25) is 0 Å². The quantitative estimate of drug-likeness (QED) is 0.711. The predicted molar refractivity (Wildman–Crippen MR) is 53.2 cm³/mol. The number of nitrogens with zero attached hydrogens (tertiary/aromatic N) is 1. The molecule has 2 unspecified atom stereocenters. The third-order valence-corrected chi connectivity index (χ3v) is 3.46. The molecule has 1 aliphatic heterocycles. The molecule has 0 aromatic carbocycles. The molecular weight excluding hydrogens is 196 g/mol. The Balaban J connectivity index is 1.79. The van der Waals surface area contributed by atoms with Crippen LogP contribution in [0.5, 0.6) is 0 Å². The zero-order chi connectivity index (χ0) is 11.0. The number of amides is 2. The van der Waals surface area contributed by atoms with Crippen LogP contribution >= 0.6 is 0 Å². The van der Waals surface area contributed by atoms with Crippen molar-refractivity contribution in [2.75, 3.05) is 20.2 Å². The summed E-state index contributed by atoms with van der Waals surface area (Å²) in [5.74, 6) is 1.34. The minimum absolute atomic E-state index is 0.00255. The largest absolute Gasteiger partial charge is 0.453 e. The van der Waals surface area contributed by atoms with E-state index in [-0.39, 0.29) is 12.5 Å². The SMILES string of the molecule is COC(=O)NCC(=O)N1CCC2C1[C@@H]2C. The van der Waals surface area contributed by atoms with Crippen LogP contribution in [0.3, 0.4) is 0 Å². The monoisotopic (exact) mass is 212 g/mol. The summed E-state index contributed by atoms with van der Waals surface area (Å²) in [7, 11) is 1.29. The molecule has 15 heavy (non-hydrogen) atoms. The lowest BCUT2D eigenvalue weighted by Crippen LogP contribution is -2.40. The maximum absolute atomic E-state index is 11.7. The summed E-state index contributed by atoms with van der Waals surface area (Å²) in [6, 6.07) is 0.428. The van der Waals surface area contributed by atoms with E-state index in [0.29, 0.717) is 17.9 Å². The summed E-state index contributed by atoms with van der Waals surface area (Å²) in [5, 5.41) is 2.41. The van der Waals surface area contributed by atoms with Crippen molar-refractivity contribution < 1.29 is 14.3 Å². The number of methoxy groups -OCH3 is 1. The van der Waals surface area contributed by atoms with Crippen molar-refractivity contribution in [3.05, 3.63) is 0 Å². The first kappa shape index (κ1) is 10.3. The molecule has 0 radical (unpaired) electrons. The molecule has 0 aromatic rings. The number of hydrogen-bond donors (Lipinski definition) is 1. The lowest BCUT2D eigenvalue weighted by Gasteiger charge is -2.19. The first-order valence-electron chi connectivity index (χ1n) is 5.26. The average Bonchev–Trinajstić information content (AvgIpc) is 2.69. The van der Waals surface area contributed by atoms with E-state index in [1.54, 1.807) is 0 Å². The molecule has 1 saturated heterocycles. The number of fused-ring (bicyclic) bond motifs is 1. The van der Waals surface area contributed by atoms with Gasteiger partial charge in [0, 0.05) is 12.6 Å². The van der Waals surface area contributed by atoms with Gasteiger partial charge in [0.15, 0.2) is 0 Å². The number of carbonyl (C=O) groups is 2. The van der Waals surface area contributed by atoms with E-state index < -0.39 is 6.09 Å². The van der Waals surface area contributed by atoms with Gasteiger partial charge in [-0.1, -0.05) is 6.92 Å². The van der Waals surface area contributed by atoms with Gasteiger partial charge in [-0.05, 0) is 18.3 Å². The van der Waals surface area contributed by atoms with Crippen molar-refractivity contribution in [3.8, 4) is 0 Å². The number of likely N-dealkylation sites (tertiary alicyclic amines) is 1. The van der Waals surface area contributed by atoms with Crippen molar-refractivity contribution in [1.29, 1.82) is 0 Å². The number of hydrogen-bond acceptors (Lipinski definition) is 3. The van der Waals surface area contributed by atoms with Crippen LogP contribution in [0.4, 0.5) is 4.79 Å². The first-order valence-corrected chi connectivity index (χ1v) is 5.26. The third-order valence-electron chi connectivity index (χ3n) is 3.46. The van der Waals surface area contributed by atoms with Crippen molar-refractivity contribution in [3.63, 3.8) is 0 Å². The van der Waals surface area contributed by atoms with E-state index in [0.717, 1.165) is 13.0 Å².